The van der Waals surface area contributed by atoms with E-state index in [9.17, 15) is 0 Å². The van der Waals surface area contributed by atoms with E-state index in [1.165, 1.54) is 0 Å². The quantitative estimate of drug-likeness (QED) is 0.545. The normalized spacial score (nSPS) is 34.2. The van der Waals surface area contributed by atoms with E-state index in [4.69, 9.17) is 16.5 Å². The van der Waals surface area contributed by atoms with E-state index >= 15 is 0 Å². The minimum Gasteiger partial charge on any atom is -0.501 e. The maximum absolute atomic E-state index is 5.31. The fraction of sp³-hybridized carbons (Fsp3) is 0.667. The van der Waals surface area contributed by atoms with E-state index in [2.05, 4.69) is 12.5 Å². The molecule has 0 aliphatic carbocycles. The van der Waals surface area contributed by atoms with Crippen molar-refractivity contribution in [3.8, 4) is 0 Å². The molecule has 0 bridgehead atoms. The van der Waals surface area contributed by atoms with Crippen molar-refractivity contribution < 1.29 is 4.74 Å². The van der Waals surface area contributed by atoms with Crippen LogP contribution >= 0.6 is 6.04 Å². The van der Waals surface area contributed by atoms with Gasteiger partial charge in [0, 0.05) is 6.42 Å². The molecule has 9 heavy (non-hydrogen) atoms. The van der Waals surface area contributed by atoms with Crippen LogP contribution in [0.25, 0.3) is 0 Å². The number of hydrogen-bond donors (Lipinski definition) is 0. The molecule has 52 valence electrons. The number of methoxy groups -OCH3 is 1. The molecule has 0 aromatic heterocycles. The summed E-state index contributed by atoms with van der Waals surface area (Å²) >= 11 is 5.31. The van der Waals surface area contributed by atoms with Gasteiger partial charge in [0.2, 0.25) is 0 Å². The highest BCUT2D eigenvalue weighted by molar-refractivity contribution is 8.15. The minimum absolute atomic E-state index is 1.06. The molecule has 0 aromatic rings. The monoisotopic (exact) mass is 162 g/mol. The Hall–Kier alpha value is 0.190. The number of hydrogen-bond acceptors (Lipinski definition) is 2. The molecule has 1 atom stereocenters. The average molecular weight is 162 g/mol. The Balaban J connectivity index is 2.72. The van der Waals surface area contributed by atoms with Crippen LogP contribution in [0.4, 0.5) is 0 Å². The molecule has 1 aliphatic heterocycles. The van der Waals surface area contributed by atoms with E-state index in [-0.39, 0.29) is 0 Å². The third kappa shape index (κ3) is 1.80. The molecule has 0 saturated carbocycles. The summed E-state index contributed by atoms with van der Waals surface area (Å²) in [6.45, 7) is 2.16. The Morgan fingerprint density at radius 2 is 2.44 bits per heavy atom. The molecule has 1 rings (SSSR count). The van der Waals surface area contributed by atoms with Gasteiger partial charge in [0.15, 0.2) is 0 Å². The van der Waals surface area contributed by atoms with E-state index in [0.29, 0.717) is 0 Å². The van der Waals surface area contributed by atoms with Gasteiger partial charge in [0.1, 0.15) is 0 Å². The first kappa shape index (κ1) is 7.30. The molecule has 1 heterocycles. The second-order valence-electron chi connectivity index (χ2n) is 2.45. The highest BCUT2D eigenvalue weighted by Gasteiger charge is 2.16. The molecule has 0 fully saturated rings. The van der Waals surface area contributed by atoms with Crippen molar-refractivity contribution in [1.82, 2.24) is 0 Å². The maximum Gasteiger partial charge on any atom is 0.0971 e. The molecule has 0 aromatic carbocycles. The Bertz CT molecular complexity index is 185. The molecule has 0 spiro atoms. The molecule has 0 radical (unpaired) electrons. The van der Waals surface area contributed by atoms with Crippen molar-refractivity contribution >= 4 is 17.8 Å². The fourth-order valence-corrected chi connectivity index (χ4v) is 3.18. The molecule has 1 unspecified atom stereocenters. The van der Waals surface area contributed by atoms with Crippen LogP contribution < -0.4 is 0 Å². The second kappa shape index (κ2) is 2.43. The molecule has 1 nitrogen and oxygen atoms in total. The van der Waals surface area contributed by atoms with Gasteiger partial charge in [0.05, 0.1) is 12.9 Å². The molecule has 0 amide bonds. The predicted octanol–water partition coefficient (Wildman–Crippen LogP) is 1.99. The summed E-state index contributed by atoms with van der Waals surface area (Å²) in [4.78, 5) is 0. The Morgan fingerprint density at radius 3 is 2.67 bits per heavy atom. The van der Waals surface area contributed by atoms with Crippen LogP contribution in [0, 0.1) is 0 Å². The standard InChI is InChI=1S/C6H11OPS/c1-7-6-3-4-8(2,9)5-6/h5H,3-4H2,1-2H3. The highest BCUT2D eigenvalue weighted by atomic mass is 32.4. The Kier molecular flexibility index (Phi) is 1.97. The van der Waals surface area contributed by atoms with Crippen LogP contribution in [-0.4, -0.2) is 19.9 Å². The molecule has 0 saturated heterocycles. The first-order valence-electron chi connectivity index (χ1n) is 2.96. The summed E-state index contributed by atoms with van der Waals surface area (Å²) in [7, 11) is 1.71. The van der Waals surface area contributed by atoms with Gasteiger partial charge in [-0.05, 0) is 24.7 Å². The van der Waals surface area contributed by atoms with Crippen molar-refractivity contribution in [3.05, 3.63) is 11.6 Å². The van der Waals surface area contributed by atoms with Gasteiger partial charge in [-0.15, -0.1) is 0 Å². The lowest BCUT2D eigenvalue weighted by atomic mass is 10.4. The van der Waals surface area contributed by atoms with Crippen LogP contribution in [-0.2, 0) is 16.5 Å². The SMILES string of the molecule is COC1=CP(C)(=S)CC1. The third-order valence-electron chi connectivity index (χ3n) is 1.48. The van der Waals surface area contributed by atoms with E-state index < -0.39 is 6.04 Å². The average Bonchev–Trinajstić information content (AvgIpc) is 2.10. The van der Waals surface area contributed by atoms with Crippen molar-refractivity contribution in [2.75, 3.05) is 19.9 Å². The van der Waals surface area contributed by atoms with E-state index in [1.807, 2.05) is 0 Å². The van der Waals surface area contributed by atoms with Gasteiger partial charge in [-0.25, -0.2) is 0 Å². The fourth-order valence-electron chi connectivity index (χ4n) is 0.921. The van der Waals surface area contributed by atoms with E-state index in [0.717, 1.165) is 18.3 Å². The summed E-state index contributed by atoms with van der Waals surface area (Å²) < 4.78 is 5.07. The summed E-state index contributed by atoms with van der Waals surface area (Å²) in [5, 5.41) is 0. The lowest BCUT2D eigenvalue weighted by Gasteiger charge is -1.99. The predicted molar refractivity (Wildman–Crippen MR) is 44.8 cm³/mol. The topological polar surface area (TPSA) is 9.23 Å². The third-order valence-corrected chi connectivity index (χ3v) is 4.29. The molecule has 0 N–H and O–H groups in total. The van der Waals surface area contributed by atoms with Crippen LogP contribution in [0.5, 0.6) is 0 Å². The zero-order chi connectivity index (χ0) is 6.91. The van der Waals surface area contributed by atoms with Crippen molar-refractivity contribution in [3.63, 3.8) is 0 Å². The summed E-state index contributed by atoms with van der Waals surface area (Å²) in [6.07, 6.45) is 2.22. The first-order valence-corrected chi connectivity index (χ1v) is 6.46. The zero-order valence-corrected chi connectivity index (χ0v) is 7.47. The van der Waals surface area contributed by atoms with Crippen molar-refractivity contribution in [1.29, 1.82) is 0 Å². The summed E-state index contributed by atoms with van der Waals surface area (Å²) in [5.74, 6) is 3.24. The van der Waals surface area contributed by atoms with Crippen molar-refractivity contribution in [2.45, 2.75) is 6.42 Å². The van der Waals surface area contributed by atoms with Gasteiger partial charge < -0.3 is 4.74 Å². The van der Waals surface area contributed by atoms with Gasteiger partial charge >= 0.3 is 0 Å². The summed E-state index contributed by atoms with van der Waals surface area (Å²) in [6, 6.07) is -1.07. The molecule has 3 heteroatoms. The number of rotatable bonds is 1. The summed E-state index contributed by atoms with van der Waals surface area (Å²) in [5.41, 5.74) is 0. The van der Waals surface area contributed by atoms with Crippen molar-refractivity contribution in [2.24, 2.45) is 0 Å². The maximum atomic E-state index is 5.31. The van der Waals surface area contributed by atoms with Gasteiger partial charge in [-0.3, -0.25) is 0 Å². The van der Waals surface area contributed by atoms with Crippen LogP contribution in [0.2, 0.25) is 0 Å². The smallest absolute Gasteiger partial charge is 0.0971 e. The van der Waals surface area contributed by atoms with Gasteiger partial charge in [-0.2, -0.15) is 0 Å². The molecule has 1 aliphatic rings. The lowest BCUT2D eigenvalue weighted by molar-refractivity contribution is 0.284. The van der Waals surface area contributed by atoms with Gasteiger partial charge in [0.25, 0.3) is 0 Å². The Labute approximate surface area is 61.1 Å². The zero-order valence-electron chi connectivity index (χ0n) is 5.76. The van der Waals surface area contributed by atoms with Crippen LogP contribution in [0.15, 0.2) is 11.6 Å². The lowest BCUT2D eigenvalue weighted by Crippen LogP contribution is -1.80. The Morgan fingerprint density at radius 1 is 1.78 bits per heavy atom. The number of allylic oxidation sites excluding steroid dienone is 1. The molecular formula is C6H11OPS. The van der Waals surface area contributed by atoms with Gasteiger partial charge in [-0.1, -0.05) is 11.8 Å². The largest absolute Gasteiger partial charge is 0.501 e. The number of ether oxygens (including phenoxy) is 1. The van der Waals surface area contributed by atoms with Crippen LogP contribution in [0.3, 0.4) is 0 Å². The molecular weight excluding hydrogens is 151 g/mol. The highest BCUT2D eigenvalue weighted by Crippen LogP contribution is 2.50. The minimum atomic E-state index is -1.07. The first-order chi connectivity index (χ1) is 4.14. The van der Waals surface area contributed by atoms with Crippen LogP contribution in [0.1, 0.15) is 6.42 Å². The second-order valence-corrected chi connectivity index (χ2v) is 8.00. The van der Waals surface area contributed by atoms with E-state index in [1.54, 1.807) is 7.11 Å².